The SMILES string of the molecule is O=c1ccccc(C2CCCO2)c1O. The Kier molecular flexibility index (Phi) is 2.50. The zero-order valence-electron chi connectivity index (χ0n) is 7.77. The first-order chi connectivity index (χ1) is 6.79. The van der Waals surface area contributed by atoms with Gasteiger partial charge >= 0.3 is 0 Å². The Morgan fingerprint density at radius 3 is 2.86 bits per heavy atom. The highest BCUT2D eigenvalue weighted by Crippen LogP contribution is 2.31. The van der Waals surface area contributed by atoms with E-state index in [4.69, 9.17) is 4.74 Å². The van der Waals surface area contributed by atoms with Crippen molar-refractivity contribution in [3.8, 4) is 5.75 Å². The van der Waals surface area contributed by atoms with Crippen molar-refractivity contribution >= 4 is 0 Å². The predicted molar refractivity (Wildman–Crippen MR) is 52.3 cm³/mol. The molecule has 1 unspecified atom stereocenters. The van der Waals surface area contributed by atoms with Crippen LogP contribution in [-0.2, 0) is 4.74 Å². The fourth-order valence-corrected chi connectivity index (χ4v) is 1.69. The van der Waals surface area contributed by atoms with Crippen LogP contribution in [0, 0.1) is 0 Å². The molecule has 1 aliphatic rings. The van der Waals surface area contributed by atoms with E-state index in [1.807, 2.05) is 0 Å². The second-order valence-corrected chi connectivity index (χ2v) is 3.39. The van der Waals surface area contributed by atoms with Crippen LogP contribution in [0.25, 0.3) is 0 Å². The molecule has 3 heteroatoms. The molecule has 0 saturated carbocycles. The van der Waals surface area contributed by atoms with Crippen molar-refractivity contribution in [2.45, 2.75) is 18.9 Å². The third kappa shape index (κ3) is 1.63. The Labute approximate surface area is 82.0 Å². The van der Waals surface area contributed by atoms with Crippen LogP contribution in [0.15, 0.2) is 29.1 Å². The van der Waals surface area contributed by atoms with Crippen LogP contribution in [0.1, 0.15) is 24.5 Å². The van der Waals surface area contributed by atoms with E-state index in [1.165, 1.54) is 6.07 Å². The molecular formula is C11H12O3. The van der Waals surface area contributed by atoms with Gasteiger partial charge in [0.15, 0.2) is 5.75 Å². The predicted octanol–water partition coefficient (Wildman–Crippen LogP) is 1.60. The lowest BCUT2D eigenvalue weighted by molar-refractivity contribution is 0.110. The van der Waals surface area contributed by atoms with Crippen LogP contribution in [0.4, 0.5) is 0 Å². The summed E-state index contributed by atoms with van der Waals surface area (Å²) >= 11 is 0. The van der Waals surface area contributed by atoms with Gasteiger partial charge in [0.1, 0.15) is 0 Å². The number of hydrogen-bond donors (Lipinski definition) is 1. The quantitative estimate of drug-likeness (QED) is 0.735. The first-order valence-electron chi connectivity index (χ1n) is 4.73. The van der Waals surface area contributed by atoms with E-state index >= 15 is 0 Å². The molecule has 3 nitrogen and oxygen atoms in total. The van der Waals surface area contributed by atoms with E-state index < -0.39 is 0 Å². The van der Waals surface area contributed by atoms with E-state index in [2.05, 4.69) is 0 Å². The first kappa shape index (κ1) is 9.21. The lowest BCUT2D eigenvalue weighted by atomic mass is 10.1. The summed E-state index contributed by atoms with van der Waals surface area (Å²) in [7, 11) is 0. The van der Waals surface area contributed by atoms with Crippen molar-refractivity contribution in [1.29, 1.82) is 0 Å². The van der Waals surface area contributed by atoms with E-state index in [1.54, 1.807) is 18.2 Å². The van der Waals surface area contributed by atoms with Gasteiger partial charge in [-0.3, -0.25) is 4.79 Å². The number of ether oxygens (including phenoxy) is 1. The molecule has 1 saturated heterocycles. The van der Waals surface area contributed by atoms with Crippen molar-refractivity contribution in [2.75, 3.05) is 6.61 Å². The van der Waals surface area contributed by atoms with Crippen molar-refractivity contribution < 1.29 is 9.84 Å². The molecule has 2 rings (SSSR count). The molecule has 1 N–H and O–H groups in total. The van der Waals surface area contributed by atoms with Crippen molar-refractivity contribution in [3.05, 3.63) is 40.1 Å². The summed E-state index contributed by atoms with van der Waals surface area (Å²) in [5.74, 6) is -0.179. The van der Waals surface area contributed by atoms with Crippen LogP contribution in [0.2, 0.25) is 0 Å². The third-order valence-electron chi connectivity index (χ3n) is 2.42. The summed E-state index contributed by atoms with van der Waals surface area (Å²) in [5, 5.41) is 9.63. The molecule has 0 amide bonds. The van der Waals surface area contributed by atoms with Crippen LogP contribution in [0.3, 0.4) is 0 Å². The van der Waals surface area contributed by atoms with Crippen LogP contribution in [0.5, 0.6) is 5.75 Å². The van der Waals surface area contributed by atoms with Gasteiger partial charge in [0.25, 0.3) is 0 Å². The van der Waals surface area contributed by atoms with Gasteiger partial charge in [-0.2, -0.15) is 0 Å². The minimum atomic E-state index is -0.347. The maximum absolute atomic E-state index is 11.3. The summed E-state index contributed by atoms with van der Waals surface area (Å²) in [6, 6.07) is 6.47. The smallest absolute Gasteiger partial charge is 0.220 e. The Morgan fingerprint density at radius 2 is 2.14 bits per heavy atom. The summed E-state index contributed by atoms with van der Waals surface area (Å²) in [6.45, 7) is 0.705. The lowest BCUT2D eigenvalue weighted by Gasteiger charge is -2.08. The third-order valence-corrected chi connectivity index (χ3v) is 2.42. The second-order valence-electron chi connectivity index (χ2n) is 3.39. The second kappa shape index (κ2) is 3.80. The number of hydrogen-bond acceptors (Lipinski definition) is 3. The van der Waals surface area contributed by atoms with E-state index in [0.717, 1.165) is 12.8 Å². The molecule has 0 radical (unpaired) electrons. The van der Waals surface area contributed by atoms with Gasteiger partial charge < -0.3 is 9.84 Å². The molecule has 1 heterocycles. The number of rotatable bonds is 1. The topological polar surface area (TPSA) is 46.5 Å². The average Bonchev–Trinajstić information content (AvgIpc) is 2.64. The highest BCUT2D eigenvalue weighted by molar-refractivity contribution is 5.32. The Hall–Kier alpha value is -1.35. The zero-order chi connectivity index (χ0) is 9.97. The van der Waals surface area contributed by atoms with Gasteiger partial charge in [-0.1, -0.05) is 18.2 Å². The molecule has 1 atom stereocenters. The minimum Gasteiger partial charge on any atom is -0.504 e. The molecule has 1 aromatic rings. The van der Waals surface area contributed by atoms with E-state index in [-0.39, 0.29) is 17.3 Å². The summed E-state index contributed by atoms with van der Waals surface area (Å²) in [5.41, 5.74) is 0.262. The van der Waals surface area contributed by atoms with Gasteiger partial charge in [0.05, 0.1) is 6.10 Å². The highest BCUT2D eigenvalue weighted by Gasteiger charge is 2.20. The molecular weight excluding hydrogens is 180 g/mol. The standard InChI is InChI=1S/C11H12O3/c12-9-5-2-1-4-8(11(9)13)10-6-3-7-14-10/h1-2,4-5,10H,3,6-7H2,(H,12,13). The van der Waals surface area contributed by atoms with Crippen LogP contribution < -0.4 is 5.43 Å². The van der Waals surface area contributed by atoms with Crippen LogP contribution in [-0.4, -0.2) is 11.7 Å². The van der Waals surface area contributed by atoms with Gasteiger partial charge in [-0.05, 0) is 18.9 Å². The molecule has 74 valence electrons. The molecule has 1 aliphatic heterocycles. The Morgan fingerprint density at radius 1 is 1.36 bits per heavy atom. The fourth-order valence-electron chi connectivity index (χ4n) is 1.69. The summed E-state index contributed by atoms with van der Waals surface area (Å²) in [6.07, 6.45) is 1.74. The molecule has 0 spiro atoms. The lowest BCUT2D eigenvalue weighted by Crippen LogP contribution is -2.01. The van der Waals surface area contributed by atoms with E-state index in [0.29, 0.717) is 12.2 Å². The largest absolute Gasteiger partial charge is 0.504 e. The molecule has 1 fully saturated rings. The van der Waals surface area contributed by atoms with Gasteiger partial charge in [-0.25, -0.2) is 0 Å². The van der Waals surface area contributed by atoms with Crippen LogP contribution >= 0.6 is 0 Å². The minimum absolute atomic E-state index is 0.116. The monoisotopic (exact) mass is 192 g/mol. The normalized spacial score (nSPS) is 21.0. The average molecular weight is 192 g/mol. The van der Waals surface area contributed by atoms with Gasteiger partial charge in [0, 0.05) is 12.2 Å². The summed E-state index contributed by atoms with van der Waals surface area (Å²) in [4.78, 5) is 11.3. The first-order valence-corrected chi connectivity index (χ1v) is 4.73. The Bertz CT molecular complexity index is 381. The summed E-state index contributed by atoms with van der Waals surface area (Å²) < 4.78 is 5.42. The van der Waals surface area contributed by atoms with E-state index in [9.17, 15) is 9.90 Å². The van der Waals surface area contributed by atoms with Crippen molar-refractivity contribution in [2.24, 2.45) is 0 Å². The molecule has 14 heavy (non-hydrogen) atoms. The fraction of sp³-hybridized carbons (Fsp3) is 0.364. The molecule has 1 aromatic carbocycles. The van der Waals surface area contributed by atoms with Crippen molar-refractivity contribution in [1.82, 2.24) is 0 Å². The van der Waals surface area contributed by atoms with Gasteiger partial charge in [-0.15, -0.1) is 0 Å². The van der Waals surface area contributed by atoms with Gasteiger partial charge in [0.2, 0.25) is 5.43 Å². The number of aromatic hydroxyl groups is 1. The maximum Gasteiger partial charge on any atom is 0.220 e. The Balaban J connectivity index is 2.47. The molecule has 0 aliphatic carbocycles. The highest BCUT2D eigenvalue weighted by atomic mass is 16.5. The molecule has 0 bridgehead atoms. The molecule has 0 aromatic heterocycles. The maximum atomic E-state index is 11.3. The van der Waals surface area contributed by atoms with Crippen molar-refractivity contribution in [3.63, 3.8) is 0 Å². The zero-order valence-corrected chi connectivity index (χ0v) is 7.77.